The van der Waals surface area contributed by atoms with Crippen molar-refractivity contribution in [3.8, 4) is 0 Å². The van der Waals surface area contributed by atoms with E-state index in [1.54, 1.807) is 0 Å². The lowest BCUT2D eigenvalue weighted by Crippen LogP contribution is -2.43. The summed E-state index contributed by atoms with van der Waals surface area (Å²) in [5.41, 5.74) is 0. The monoisotopic (exact) mass is 313 g/mol. The van der Waals surface area contributed by atoms with Gasteiger partial charge < -0.3 is 15.4 Å². The molecular weight excluding hydrogens is 286 g/mol. The molecule has 1 amide bonds. The highest BCUT2D eigenvalue weighted by molar-refractivity contribution is 7.80. The number of rotatable bonds is 5. The maximum atomic E-state index is 12.0. The quantitative estimate of drug-likeness (QED) is 0.591. The fourth-order valence-electron chi connectivity index (χ4n) is 2.95. The van der Waals surface area contributed by atoms with E-state index in [4.69, 9.17) is 17.0 Å². The van der Waals surface area contributed by atoms with Gasteiger partial charge in [-0.25, -0.2) is 0 Å². The normalized spacial score (nSPS) is 21.0. The third kappa shape index (κ3) is 6.28. The first kappa shape index (κ1) is 16.6. The van der Waals surface area contributed by atoms with Gasteiger partial charge >= 0.3 is 0 Å². The molecule has 6 heteroatoms. The number of carbonyl (C=O) groups is 1. The lowest BCUT2D eigenvalue weighted by atomic mass is 9.89. The molecule has 1 aliphatic carbocycles. The van der Waals surface area contributed by atoms with E-state index in [2.05, 4.69) is 15.5 Å². The van der Waals surface area contributed by atoms with Gasteiger partial charge in [-0.1, -0.05) is 19.3 Å². The van der Waals surface area contributed by atoms with Crippen molar-refractivity contribution < 1.29 is 9.53 Å². The van der Waals surface area contributed by atoms with Gasteiger partial charge in [-0.2, -0.15) is 0 Å². The molecule has 1 aliphatic heterocycles. The van der Waals surface area contributed by atoms with Gasteiger partial charge in [0, 0.05) is 25.6 Å². The molecule has 0 unspecified atom stereocenters. The molecule has 1 saturated carbocycles. The number of carbonyl (C=O) groups excluding carboxylic acids is 1. The van der Waals surface area contributed by atoms with Crippen LogP contribution in [0.3, 0.4) is 0 Å². The Bertz CT molecular complexity index is 340. The number of nitrogens with one attached hydrogen (secondary N) is 2. The molecule has 2 rings (SSSR count). The molecule has 5 nitrogen and oxygen atoms in total. The Morgan fingerprint density at radius 1 is 1.19 bits per heavy atom. The van der Waals surface area contributed by atoms with Crippen molar-refractivity contribution >= 4 is 23.2 Å². The summed E-state index contributed by atoms with van der Waals surface area (Å²) in [5.74, 6) is 0.257. The molecule has 0 bridgehead atoms. The highest BCUT2D eigenvalue weighted by Crippen LogP contribution is 2.23. The number of amides is 1. The Morgan fingerprint density at radius 2 is 1.90 bits per heavy atom. The highest BCUT2D eigenvalue weighted by Gasteiger charge is 2.21. The van der Waals surface area contributed by atoms with Crippen LogP contribution in [0.5, 0.6) is 0 Å². The molecule has 21 heavy (non-hydrogen) atoms. The molecule has 0 aromatic heterocycles. The minimum atomic E-state index is 0.0976. The van der Waals surface area contributed by atoms with Gasteiger partial charge in [-0.3, -0.25) is 9.69 Å². The summed E-state index contributed by atoms with van der Waals surface area (Å²) in [7, 11) is 0. The van der Waals surface area contributed by atoms with Gasteiger partial charge in [0.05, 0.1) is 13.2 Å². The number of hydrogen-bond acceptors (Lipinski definition) is 4. The summed E-state index contributed by atoms with van der Waals surface area (Å²) in [5, 5.41) is 6.45. The van der Waals surface area contributed by atoms with Crippen LogP contribution in [0.15, 0.2) is 0 Å². The maximum absolute atomic E-state index is 12.0. The zero-order valence-corrected chi connectivity index (χ0v) is 13.6. The fourth-order valence-corrected chi connectivity index (χ4v) is 3.15. The van der Waals surface area contributed by atoms with E-state index >= 15 is 0 Å². The van der Waals surface area contributed by atoms with Crippen molar-refractivity contribution in [2.45, 2.75) is 38.5 Å². The van der Waals surface area contributed by atoms with Crippen molar-refractivity contribution in [1.29, 1.82) is 0 Å². The van der Waals surface area contributed by atoms with Crippen LogP contribution in [-0.4, -0.2) is 55.3 Å². The summed E-state index contributed by atoms with van der Waals surface area (Å²) >= 11 is 5.19. The Hall–Kier alpha value is -0.720. The second-order valence-corrected chi connectivity index (χ2v) is 6.30. The molecule has 0 aromatic carbocycles. The Morgan fingerprint density at radius 3 is 2.62 bits per heavy atom. The minimum absolute atomic E-state index is 0.0976. The van der Waals surface area contributed by atoms with Crippen LogP contribution < -0.4 is 10.6 Å². The van der Waals surface area contributed by atoms with Crippen LogP contribution in [0.25, 0.3) is 0 Å². The van der Waals surface area contributed by atoms with Gasteiger partial charge in [-0.15, -0.1) is 0 Å². The average molecular weight is 313 g/mol. The predicted octanol–water partition coefficient (Wildman–Crippen LogP) is 1.28. The summed E-state index contributed by atoms with van der Waals surface area (Å²) in [6.45, 7) is 5.56. The van der Waals surface area contributed by atoms with Crippen molar-refractivity contribution in [2.24, 2.45) is 5.92 Å². The van der Waals surface area contributed by atoms with Crippen molar-refractivity contribution in [3.63, 3.8) is 0 Å². The predicted molar refractivity (Wildman–Crippen MR) is 87.2 cm³/mol. The van der Waals surface area contributed by atoms with Crippen molar-refractivity contribution in [2.75, 3.05) is 39.4 Å². The molecule has 2 aliphatic rings. The molecule has 1 heterocycles. The molecule has 0 spiro atoms. The summed E-state index contributed by atoms with van der Waals surface area (Å²) in [4.78, 5) is 14.4. The highest BCUT2D eigenvalue weighted by atomic mass is 32.1. The Labute approximate surface area is 132 Å². The largest absolute Gasteiger partial charge is 0.379 e. The van der Waals surface area contributed by atoms with Crippen molar-refractivity contribution in [3.05, 3.63) is 0 Å². The third-order valence-electron chi connectivity index (χ3n) is 4.25. The van der Waals surface area contributed by atoms with Crippen molar-refractivity contribution in [1.82, 2.24) is 15.5 Å². The van der Waals surface area contributed by atoms with E-state index in [0.29, 0.717) is 5.11 Å². The lowest BCUT2D eigenvalue weighted by Gasteiger charge is -2.26. The summed E-state index contributed by atoms with van der Waals surface area (Å²) in [6, 6.07) is 0. The van der Waals surface area contributed by atoms with Gasteiger partial charge in [0.2, 0.25) is 5.91 Å². The Balaban J connectivity index is 1.53. The molecule has 0 aromatic rings. The van der Waals surface area contributed by atoms with E-state index in [9.17, 15) is 4.79 Å². The van der Waals surface area contributed by atoms with E-state index in [1.165, 1.54) is 6.42 Å². The van der Waals surface area contributed by atoms with E-state index in [1.807, 2.05) is 0 Å². The number of nitrogens with zero attached hydrogens (tertiary/aromatic N) is 1. The fraction of sp³-hybridized carbons (Fsp3) is 0.867. The van der Waals surface area contributed by atoms with E-state index < -0.39 is 0 Å². The second-order valence-electron chi connectivity index (χ2n) is 5.89. The lowest BCUT2D eigenvalue weighted by molar-refractivity contribution is -0.124. The first-order valence-electron chi connectivity index (χ1n) is 8.14. The summed E-state index contributed by atoms with van der Waals surface area (Å²) < 4.78 is 5.32. The number of hydrogen-bond donors (Lipinski definition) is 2. The van der Waals surface area contributed by atoms with Gasteiger partial charge in [0.25, 0.3) is 0 Å². The van der Waals surface area contributed by atoms with Crippen LogP contribution in [-0.2, 0) is 9.53 Å². The van der Waals surface area contributed by atoms with Crippen LogP contribution in [0.2, 0.25) is 0 Å². The minimum Gasteiger partial charge on any atom is -0.379 e. The first-order chi connectivity index (χ1) is 10.3. The number of thiocarbonyl (C=S) groups is 1. The first-order valence-corrected chi connectivity index (χ1v) is 8.55. The zero-order chi connectivity index (χ0) is 14.9. The SMILES string of the molecule is O=C(NC(=S)NCCCN1CCOCC1)C1CCCCC1. The summed E-state index contributed by atoms with van der Waals surface area (Å²) in [6.07, 6.45) is 6.63. The maximum Gasteiger partial charge on any atom is 0.229 e. The van der Waals surface area contributed by atoms with Gasteiger partial charge in [0.15, 0.2) is 5.11 Å². The van der Waals surface area contributed by atoms with E-state index in [-0.39, 0.29) is 11.8 Å². The molecule has 120 valence electrons. The van der Waals surface area contributed by atoms with E-state index in [0.717, 1.165) is 71.5 Å². The topological polar surface area (TPSA) is 53.6 Å². The molecule has 2 N–H and O–H groups in total. The van der Waals surface area contributed by atoms with Gasteiger partial charge in [-0.05, 0) is 38.0 Å². The standard InChI is InChI=1S/C15H27N3O2S/c19-14(13-5-2-1-3-6-13)17-15(21)16-7-4-8-18-9-11-20-12-10-18/h13H,1-12H2,(H2,16,17,19,21). The molecule has 2 fully saturated rings. The molecule has 0 radical (unpaired) electrons. The smallest absolute Gasteiger partial charge is 0.229 e. The number of ether oxygens (including phenoxy) is 1. The Kier molecular flexibility index (Phi) is 7.39. The molecule has 0 atom stereocenters. The zero-order valence-electron chi connectivity index (χ0n) is 12.7. The van der Waals surface area contributed by atoms with Crippen LogP contribution in [0, 0.1) is 5.92 Å². The van der Waals surface area contributed by atoms with Gasteiger partial charge in [0.1, 0.15) is 0 Å². The molecule has 1 saturated heterocycles. The van der Waals surface area contributed by atoms with Crippen LogP contribution in [0.1, 0.15) is 38.5 Å². The number of morpholine rings is 1. The van der Waals surface area contributed by atoms with Crippen LogP contribution in [0.4, 0.5) is 0 Å². The second kappa shape index (κ2) is 9.33. The average Bonchev–Trinajstić information content (AvgIpc) is 2.53. The van der Waals surface area contributed by atoms with Crippen LogP contribution >= 0.6 is 12.2 Å². The molecular formula is C15H27N3O2S. The third-order valence-corrected chi connectivity index (χ3v) is 4.50.